The fourth-order valence-corrected chi connectivity index (χ4v) is 3.77. The van der Waals surface area contributed by atoms with E-state index in [-0.39, 0.29) is 0 Å². The van der Waals surface area contributed by atoms with Crippen molar-refractivity contribution in [2.45, 2.75) is 64.8 Å². The van der Waals surface area contributed by atoms with Gasteiger partial charge in [0.15, 0.2) is 0 Å². The quantitative estimate of drug-likeness (QED) is 0.832. The minimum Gasteiger partial charge on any atom is -0.328 e. The minimum absolute atomic E-state index is 0.474. The summed E-state index contributed by atoms with van der Waals surface area (Å²) in [7, 11) is 0. The molecule has 2 rings (SSSR count). The number of likely N-dealkylation sites (tertiary alicyclic amines) is 1. The molecule has 0 aromatic rings. The van der Waals surface area contributed by atoms with Crippen LogP contribution in [0.3, 0.4) is 0 Å². The van der Waals surface area contributed by atoms with Crippen LogP contribution in [0.25, 0.3) is 0 Å². The fourth-order valence-electron chi connectivity index (χ4n) is 3.77. The molecular formula is C16H32N2. The molecule has 18 heavy (non-hydrogen) atoms. The van der Waals surface area contributed by atoms with Gasteiger partial charge in [0.05, 0.1) is 0 Å². The van der Waals surface area contributed by atoms with Crippen LogP contribution in [0.15, 0.2) is 0 Å². The summed E-state index contributed by atoms with van der Waals surface area (Å²) < 4.78 is 0. The van der Waals surface area contributed by atoms with E-state index in [0.29, 0.717) is 6.04 Å². The molecule has 2 N–H and O–H groups in total. The molecule has 0 spiro atoms. The third kappa shape index (κ3) is 3.96. The van der Waals surface area contributed by atoms with E-state index in [9.17, 15) is 0 Å². The Kier molecular flexibility index (Phi) is 5.50. The highest BCUT2D eigenvalue weighted by Gasteiger charge is 2.26. The van der Waals surface area contributed by atoms with Gasteiger partial charge in [-0.3, -0.25) is 0 Å². The van der Waals surface area contributed by atoms with Crippen molar-refractivity contribution in [3.63, 3.8) is 0 Å². The summed E-state index contributed by atoms with van der Waals surface area (Å²) in [5.74, 6) is 2.93. The second-order valence-electron chi connectivity index (χ2n) is 6.80. The molecule has 1 atom stereocenters. The van der Waals surface area contributed by atoms with E-state index < -0.39 is 0 Å². The lowest BCUT2D eigenvalue weighted by molar-refractivity contribution is 0.138. The Morgan fingerprint density at radius 1 is 1.06 bits per heavy atom. The summed E-state index contributed by atoms with van der Waals surface area (Å²) in [4.78, 5) is 2.66. The van der Waals surface area contributed by atoms with Crippen molar-refractivity contribution in [1.29, 1.82) is 0 Å². The van der Waals surface area contributed by atoms with Crippen LogP contribution >= 0.6 is 0 Å². The molecule has 0 radical (unpaired) electrons. The lowest BCUT2D eigenvalue weighted by atomic mass is 9.75. The van der Waals surface area contributed by atoms with Gasteiger partial charge >= 0.3 is 0 Å². The molecule has 0 bridgehead atoms. The molecule has 1 saturated heterocycles. The number of nitrogens with zero attached hydrogens (tertiary/aromatic N) is 1. The van der Waals surface area contributed by atoms with E-state index in [1.807, 2.05) is 0 Å². The minimum atomic E-state index is 0.474. The maximum absolute atomic E-state index is 5.97. The van der Waals surface area contributed by atoms with E-state index in [1.54, 1.807) is 0 Å². The third-order valence-electron chi connectivity index (χ3n) is 5.49. The number of hydrogen-bond donors (Lipinski definition) is 1. The molecular weight excluding hydrogens is 220 g/mol. The Balaban J connectivity index is 1.67. The summed E-state index contributed by atoms with van der Waals surface area (Å²) in [6.45, 7) is 8.61. The highest BCUT2D eigenvalue weighted by Crippen LogP contribution is 2.35. The Labute approximate surface area is 113 Å². The van der Waals surface area contributed by atoms with Crippen molar-refractivity contribution in [2.75, 3.05) is 19.6 Å². The summed E-state index contributed by atoms with van der Waals surface area (Å²) in [5, 5.41) is 0. The molecule has 1 aliphatic heterocycles. The zero-order valence-corrected chi connectivity index (χ0v) is 12.4. The van der Waals surface area contributed by atoms with E-state index in [4.69, 9.17) is 5.73 Å². The monoisotopic (exact) mass is 252 g/mol. The average Bonchev–Trinajstić information content (AvgIpc) is 2.41. The van der Waals surface area contributed by atoms with Crippen LogP contribution in [0.2, 0.25) is 0 Å². The van der Waals surface area contributed by atoms with Crippen LogP contribution in [0, 0.1) is 17.8 Å². The van der Waals surface area contributed by atoms with Gasteiger partial charge in [-0.05, 0) is 69.4 Å². The fraction of sp³-hybridized carbons (Fsp3) is 1.00. The Morgan fingerprint density at radius 3 is 2.22 bits per heavy atom. The van der Waals surface area contributed by atoms with Crippen molar-refractivity contribution in [1.82, 2.24) is 4.90 Å². The van der Waals surface area contributed by atoms with E-state index in [1.165, 1.54) is 64.6 Å². The topological polar surface area (TPSA) is 29.3 Å². The standard InChI is InChI=1S/C16H32N2/c1-3-13(2)15-6-4-14(5-7-15)12-18-10-8-16(17)9-11-18/h13-16H,3-12,17H2,1-2H3. The second kappa shape index (κ2) is 6.91. The normalized spacial score (nSPS) is 33.5. The molecule has 106 valence electrons. The van der Waals surface area contributed by atoms with Gasteiger partial charge in [0, 0.05) is 12.6 Å². The largest absolute Gasteiger partial charge is 0.328 e. The van der Waals surface area contributed by atoms with Gasteiger partial charge in [-0.1, -0.05) is 20.3 Å². The average molecular weight is 252 g/mol. The SMILES string of the molecule is CCC(C)C1CCC(CN2CCC(N)CC2)CC1. The molecule has 2 fully saturated rings. The van der Waals surface area contributed by atoms with Crippen molar-refractivity contribution < 1.29 is 0 Å². The first kappa shape index (κ1) is 14.3. The Morgan fingerprint density at radius 2 is 1.67 bits per heavy atom. The smallest absolute Gasteiger partial charge is 0.00631 e. The molecule has 1 aliphatic carbocycles. The van der Waals surface area contributed by atoms with Crippen LogP contribution in [-0.4, -0.2) is 30.6 Å². The molecule has 1 saturated carbocycles. The number of nitrogens with two attached hydrogens (primary N) is 1. The first-order valence-corrected chi connectivity index (χ1v) is 8.17. The predicted molar refractivity (Wildman–Crippen MR) is 78.6 cm³/mol. The molecule has 0 aromatic heterocycles. The number of piperidine rings is 1. The lowest BCUT2D eigenvalue weighted by Crippen LogP contribution is -2.42. The van der Waals surface area contributed by atoms with Gasteiger partial charge in [-0.15, -0.1) is 0 Å². The molecule has 0 aromatic carbocycles. The maximum atomic E-state index is 5.97. The van der Waals surface area contributed by atoms with Crippen molar-refractivity contribution >= 4 is 0 Å². The van der Waals surface area contributed by atoms with E-state index >= 15 is 0 Å². The number of hydrogen-bond acceptors (Lipinski definition) is 2. The van der Waals surface area contributed by atoms with Gasteiger partial charge < -0.3 is 10.6 Å². The second-order valence-corrected chi connectivity index (χ2v) is 6.80. The van der Waals surface area contributed by atoms with Crippen LogP contribution in [-0.2, 0) is 0 Å². The summed E-state index contributed by atoms with van der Waals surface area (Å²) in [5.41, 5.74) is 5.97. The Bertz CT molecular complexity index is 225. The van der Waals surface area contributed by atoms with Gasteiger partial charge in [0.2, 0.25) is 0 Å². The highest BCUT2D eigenvalue weighted by molar-refractivity contribution is 4.80. The number of rotatable bonds is 4. The third-order valence-corrected chi connectivity index (χ3v) is 5.49. The summed E-state index contributed by atoms with van der Waals surface area (Å²) >= 11 is 0. The van der Waals surface area contributed by atoms with Gasteiger partial charge in [0.25, 0.3) is 0 Å². The lowest BCUT2D eigenvalue weighted by Gasteiger charge is -2.37. The van der Waals surface area contributed by atoms with Gasteiger partial charge in [-0.25, -0.2) is 0 Å². The van der Waals surface area contributed by atoms with Gasteiger partial charge in [-0.2, -0.15) is 0 Å². The predicted octanol–water partition coefficient (Wildman–Crippen LogP) is 3.26. The first-order chi connectivity index (χ1) is 8.69. The Hall–Kier alpha value is -0.0800. The van der Waals surface area contributed by atoms with Crippen molar-refractivity contribution in [2.24, 2.45) is 23.5 Å². The molecule has 1 unspecified atom stereocenters. The van der Waals surface area contributed by atoms with E-state index in [0.717, 1.165) is 17.8 Å². The summed E-state index contributed by atoms with van der Waals surface area (Å²) in [6, 6.07) is 0.474. The van der Waals surface area contributed by atoms with Crippen LogP contribution in [0.1, 0.15) is 58.8 Å². The molecule has 2 aliphatic rings. The zero-order chi connectivity index (χ0) is 13.0. The summed E-state index contributed by atoms with van der Waals surface area (Å²) in [6.07, 6.45) is 9.68. The van der Waals surface area contributed by atoms with Crippen molar-refractivity contribution in [3.05, 3.63) is 0 Å². The zero-order valence-electron chi connectivity index (χ0n) is 12.4. The maximum Gasteiger partial charge on any atom is 0.00631 e. The van der Waals surface area contributed by atoms with Crippen LogP contribution in [0.4, 0.5) is 0 Å². The van der Waals surface area contributed by atoms with Crippen LogP contribution in [0.5, 0.6) is 0 Å². The molecule has 0 amide bonds. The molecule has 2 heteroatoms. The van der Waals surface area contributed by atoms with Crippen molar-refractivity contribution in [3.8, 4) is 0 Å². The van der Waals surface area contributed by atoms with E-state index in [2.05, 4.69) is 18.7 Å². The molecule has 1 heterocycles. The van der Waals surface area contributed by atoms with Gasteiger partial charge in [0.1, 0.15) is 0 Å². The van der Waals surface area contributed by atoms with Crippen LogP contribution < -0.4 is 5.73 Å². The first-order valence-electron chi connectivity index (χ1n) is 8.17. The highest BCUT2D eigenvalue weighted by atomic mass is 15.1. The molecule has 2 nitrogen and oxygen atoms in total.